The number of hydrogen-bond donors (Lipinski definition) is 1. The van der Waals surface area contributed by atoms with Crippen molar-refractivity contribution in [3.8, 4) is 11.5 Å². The lowest BCUT2D eigenvalue weighted by Crippen LogP contribution is -1.93. The first-order valence-electron chi connectivity index (χ1n) is 5.16. The Labute approximate surface area is 124 Å². The smallest absolute Gasteiger partial charge is 0.151 e. The Hall–Kier alpha value is -0.900. The average molecular weight is 347 g/mol. The fourth-order valence-electron chi connectivity index (χ4n) is 1.44. The molecular weight excluding hydrogens is 337 g/mol. The second-order valence-electron chi connectivity index (χ2n) is 3.82. The summed E-state index contributed by atoms with van der Waals surface area (Å²) < 4.78 is 6.72. The fraction of sp³-hybridized carbons (Fsp3) is 0.0769. The summed E-state index contributed by atoms with van der Waals surface area (Å²) in [5.41, 5.74) is 7.35. The molecule has 0 saturated heterocycles. The van der Waals surface area contributed by atoms with Crippen LogP contribution in [-0.2, 0) is 0 Å². The maximum Gasteiger partial charge on any atom is 0.151 e. The second-order valence-corrected chi connectivity index (χ2v) is 5.49. The van der Waals surface area contributed by atoms with Crippen molar-refractivity contribution in [1.82, 2.24) is 0 Å². The van der Waals surface area contributed by atoms with E-state index < -0.39 is 0 Å². The van der Waals surface area contributed by atoms with Gasteiger partial charge < -0.3 is 10.5 Å². The van der Waals surface area contributed by atoms with E-state index in [2.05, 4.69) is 15.9 Å². The minimum Gasteiger partial charge on any atom is -0.455 e. The van der Waals surface area contributed by atoms with E-state index in [9.17, 15) is 0 Å². The SMILES string of the molecule is Cc1cc(Oc2cc(Cl)c(Cl)cc2N)ccc1Br. The van der Waals surface area contributed by atoms with Gasteiger partial charge in [0, 0.05) is 10.5 Å². The van der Waals surface area contributed by atoms with Crippen LogP contribution in [0.25, 0.3) is 0 Å². The normalized spacial score (nSPS) is 10.4. The van der Waals surface area contributed by atoms with Crippen LogP contribution in [0.5, 0.6) is 11.5 Å². The quantitative estimate of drug-likeness (QED) is 0.735. The molecule has 94 valence electrons. The third kappa shape index (κ3) is 2.91. The van der Waals surface area contributed by atoms with Crippen molar-refractivity contribution in [2.24, 2.45) is 0 Å². The number of ether oxygens (including phenoxy) is 1. The molecule has 0 bridgehead atoms. The number of halogens is 3. The van der Waals surface area contributed by atoms with Gasteiger partial charge in [-0.2, -0.15) is 0 Å². The Balaban J connectivity index is 2.34. The van der Waals surface area contributed by atoms with Crippen LogP contribution in [0.2, 0.25) is 10.0 Å². The first-order valence-corrected chi connectivity index (χ1v) is 6.71. The molecule has 0 radical (unpaired) electrons. The number of aryl methyl sites for hydroxylation is 1. The highest BCUT2D eigenvalue weighted by molar-refractivity contribution is 9.10. The topological polar surface area (TPSA) is 35.2 Å². The van der Waals surface area contributed by atoms with E-state index in [1.165, 1.54) is 0 Å². The highest BCUT2D eigenvalue weighted by atomic mass is 79.9. The molecule has 0 spiro atoms. The van der Waals surface area contributed by atoms with Crippen LogP contribution >= 0.6 is 39.1 Å². The van der Waals surface area contributed by atoms with Crippen molar-refractivity contribution in [2.75, 3.05) is 5.73 Å². The number of rotatable bonds is 2. The summed E-state index contributed by atoms with van der Waals surface area (Å²) in [4.78, 5) is 0. The summed E-state index contributed by atoms with van der Waals surface area (Å²) >= 11 is 15.2. The summed E-state index contributed by atoms with van der Waals surface area (Å²) in [6.45, 7) is 1.98. The highest BCUT2D eigenvalue weighted by Gasteiger charge is 2.08. The van der Waals surface area contributed by atoms with Crippen LogP contribution in [0.1, 0.15) is 5.56 Å². The highest BCUT2D eigenvalue weighted by Crippen LogP contribution is 2.35. The van der Waals surface area contributed by atoms with E-state index in [0.29, 0.717) is 27.2 Å². The summed E-state index contributed by atoms with van der Waals surface area (Å²) in [5, 5.41) is 0.822. The summed E-state index contributed by atoms with van der Waals surface area (Å²) in [5.74, 6) is 1.19. The lowest BCUT2D eigenvalue weighted by atomic mass is 10.2. The van der Waals surface area contributed by atoms with E-state index in [4.69, 9.17) is 33.7 Å². The maximum absolute atomic E-state index is 5.93. The second kappa shape index (κ2) is 5.39. The van der Waals surface area contributed by atoms with Gasteiger partial charge in [0.15, 0.2) is 5.75 Å². The minimum absolute atomic E-state index is 0.411. The van der Waals surface area contributed by atoms with Crippen molar-refractivity contribution in [3.05, 3.63) is 50.4 Å². The van der Waals surface area contributed by atoms with Crippen LogP contribution in [0.4, 0.5) is 5.69 Å². The lowest BCUT2D eigenvalue weighted by Gasteiger charge is -2.10. The molecule has 0 heterocycles. The number of hydrogen-bond acceptors (Lipinski definition) is 2. The van der Waals surface area contributed by atoms with Gasteiger partial charge in [0.05, 0.1) is 15.7 Å². The monoisotopic (exact) mass is 345 g/mol. The predicted octanol–water partition coefficient (Wildman–Crippen LogP) is 5.44. The number of anilines is 1. The van der Waals surface area contributed by atoms with Gasteiger partial charge in [-0.3, -0.25) is 0 Å². The number of benzene rings is 2. The van der Waals surface area contributed by atoms with Crippen molar-refractivity contribution < 1.29 is 4.74 Å². The zero-order chi connectivity index (χ0) is 13.3. The molecule has 2 aromatic rings. The minimum atomic E-state index is 0.411. The summed E-state index contributed by atoms with van der Waals surface area (Å²) in [6, 6.07) is 8.85. The molecule has 0 aromatic heterocycles. The Morgan fingerprint density at radius 2 is 1.78 bits per heavy atom. The Bertz CT molecular complexity index is 602. The van der Waals surface area contributed by atoms with E-state index in [-0.39, 0.29) is 0 Å². The maximum atomic E-state index is 5.93. The van der Waals surface area contributed by atoms with Crippen molar-refractivity contribution in [1.29, 1.82) is 0 Å². The zero-order valence-electron chi connectivity index (χ0n) is 9.51. The van der Waals surface area contributed by atoms with E-state index in [1.807, 2.05) is 25.1 Å². The van der Waals surface area contributed by atoms with Crippen LogP contribution in [0.15, 0.2) is 34.8 Å². The first kappa shape index (κ1) is 13.5. The van der Waals surface area contributed by atoms with Gasteiger partial charge in [-0.05, 0) is 36.8 Å². The standard InChI is InChI=1S/C13H10BrCl2NO/c1-7-4-8(2-3-9(7)14)18-13-6-11(16)10(15)5-12(13)17/h2-6H,17H2,1H3. The van der Waals surface area contributed by atoms with E-state index in [0.717, 1.165) is 10.0 Å². The molecule has 0 aliphatic carbocycles. The van der Waals surface area contributed by atoms with E-state index in [1.54, 1.807) is 12.1 Å². The molecule has 0 amide bonds. The third-order valence-corrected chi connectivity index (χ3v) is 4.02. The molecule has 0 aliphatic rings. The van der Waals surface area contributed by atoms with Crippen molar-refractivity contribution in [2.45, 2.75) is 6.92 Å². The van der Waals surface area contributed by atoms with Crippen LogP contribution in [-0.4, -0.2) is 0 Å². The van der Waals surface area contributed by atoms with Gasteiger partial charge in [-0.1, -0.05) is 39.1 Å². The lowest BCUT2D eigenvalue weighted by molar-refractivity contribution is 0.484. The molecule has 0 atom stereocenters. The molecule has 18 heavy (non-hydrogen) atoms. The van der Waals surface area contributed by atoms with Crippen molar-refractivity contribution in [3.63, 3.8) is 0 Å². The van der Waals surface area contributed by atoms with Gasteiger partial charge >= 0.3 is 0 Å². The molecule has 5 heteroatoms. The molecule has 2 rings (SSSR count). The van der Waals surface area contributed by atoms with Gasteiger partial charge in [-0.15, -0.1) is 0 Å². The molecule has 0 unspecified atom stereocenters. The fourth-order valence-corrected chi connectivity index (χ4v) is 2.01. The Morgan fingerprint density at radius 3 is 2.44 bits per heavy atom. The zero-order valence-corrected chi connectivity index (χ0v) is 12.6. The number of nitrogen functional groups attached to an aromatic ring is 1. The molecule has 2 N–H and O–H groups in total. The summed E-state index contributed by atoms with van der Waals surface area (Å²) in [6.07, 6.45) is 0. The molecule has 2 nitrogen and oxygen atoms in total. The first-order chi connectivity index (χ1) is 8.47. The predicted molar refractivity (Wildman–Crippen MR) is 79.8 cm³/mol. The van der Waals surface area contributed by atoms with Gasteiger partial charge in [0.2, 0.25) is 0 Å². The van der Waals surface area contributed by atoms with Crippen LogP contribution in [0, 0.1) is 6.92 Å². The number of nitrogens with two attached hydrogens (primary N) is 1. The van der Waals surface area contributed by atoms with Crippen LogP contribution < -0.4 is 10.5 Å². The Kier molecular flexibility index (Phi) is 4.05. The summed E-state index contributed by atoms with van der Waals surface area (Å²) in [7, 11) is 0. The molecule has 0 aliphatic heterocycles. The van der Waals surface area contributed by atoms with Crippen molar-refractivity contribution >= 4 is 44.8 Å². The average Bonchev–Trinajstić information content (AvgIpc) is 2.31. The molecular formula is C13H10BrCl2NO. The van der Waals surface area contributed by atoms with Gasteiger partial charge in [-0.25, -0.2) is 0 Å². The van der Waals surface area contributed by atoms with E-state index >= 15 is 0 Å². The molecule has 0 fully saturated rings. The van der Waals surface area contributed by atoms with Crippen LogP contribution in [0.3, 0.4) is 0 Å². The van der Waals surface area contributed by atoms with Gasteiger partial charge in [0.25, 0.3) is 0 Å². The largest absolute Gasteiger partial charge is 0.455 e. The molecule has 2 aromatic carbocycles. The van der Waals surface area contributed by atoms with Gasteiger partial charge in [0.1, 0.15) is 5.75 Å². The molecule has 0 saturated carbocycles. The Morgan fingerprint density at radius 1 is 1.11 bits per heavy atom. The third-order valence-electron chi connectivity index (χ3n) is 2.41.